The number of furan rings is 1. The van der Waals surface area contributed by atoms with Crippen LogP contribution in [0.1, 0.15) is 44.3 Å². The minimum Gasteiger partial charge on any atom is -0.461 e. The lowest BCUT2D eigenvalue weighted by Crippen LogP contribution is -2.38. The molecule has 0 unspecified atom stereocenters. The number of nitrogens with one attached hydrogen (secondary N) is 3. The van der Waals surface area contributed by atoms with Gasteiger partial charge in [0, 0.05) is 26.6 Å². The van der Waals surface area contributed by atoms with Gasteiger partial charge in [-0.15, -0.1) is 0 Å². The van der Waals surface area contributed by atoms with Crippen molar-refractivity contribution < 1.29 is 4.42 Å². The van der Waals surface area contributed by atoms with E-state index in [2.05, 4.69) is 30.8 Å². The van der Waals surface area contributed by atoms with Gasteiger partial charge in [-0.05, 0) is 30.9 Å². The monoisotopic (exact) mass is 344 g/mol. The zero-order chi connectivity index (χ0) is 17.3. The molecule has 25 heavy (non-hydrogen) atoms. The van der Waals surface area contributed by atoms with Gasteiger partial charge >= 0.3 is 0 Å². The lowest BCUT2D eigenvalue weighted by molar-refractivity contribution is 0.481. The number of aromatic amines is 1. The summed E-state index contributed by atoms with van der Waals surface area (Å²) in [5.41, 5.74) is 0. The van der Waals surface area contributed by atoms with Crippen molar-refractivity contribution in [2.75, 3.05) is 20.1 Å². The Morgan fingerprint density at radius 3 is 2.92 bits per heavy atom. The second-order valence-corrected chi connectivity index (χ2v) is 6.55. The number of nitrogens with zero attached hydrogens (tertiary/aromatic N) is 3. The van der Waals surface area contributed by atoms with Gasteiger partial charge in [0.15, 0.2) is 11.7 Å². The molecule has 136 valence electrons. The van der Waals surface area contributed by atoms with E-state index in [4.69, 9.17) is 4.42 Å². The predicted octanol–water partition coefficient (Wildman–Crippen LogP) is 2.74. The highest BCUT2D eigenvalue weighted by Crippen LogP contribution is 2.28. The second-order valence-electron chi connectivity index (χ2n) is 6.55. The number of H-pyrrole nitrogens is 1. The van der Waals surface area contributed by atoms with Crippen LogP contribution < -0.4 is 10.6 Å². The molecule has 7 heteroatoms. The Balaban J connectivity index is 1.32. The maximum atomic E-state index is 5.29. The third kappa shape index (κ3) is 5.34. The molecule has 0 aliphatic heterocycles. The average Bonchev–Trinajstić information content (AvgIpc) is 3.39. The Hall–Kier alpha value is -2.31. The lowest BCUT2D eigenvalue weighted by atomic mass is 10.0. The van der Waals surface area contributed by atoms with Crippen molar-refractivity contribution in [3.8, 4) is 11.6 Å². The highest BCUT2D eigenvalue weighted by molar-refractivity contribution is 5.79. The van der Waals surface area contributed by atoms with Crippen LogP contribution in [-0.2, 0) is 6.42 Å². The van der Waals surface area contributed by atoms with Gasteiger partial charge in [0.05, 0.1) is 6.26 Å². The van der Waals surface area contributed by atoms with E-state index in [0.29, 0.717) is 11.6 Å². The number of rotatable bonds is 8. The smallest absolute Gasteiger partial charge is 0.216 e. The van der Waals surface area contributed by atoms with Crippen molar-refractivity contribution in [2.45, 2.75) is 44.9 Å². The summed E-state index contributed by atoms with van der Waals surface area (Å²) in [5, 5.41) is 13.8. The van der Waals surface area contributed by atoms with Crippen molar-refractivity contribution in [1.29, 1.82) is 0 Å². The van der Waals surface area contributed by atoms with E-state index in [1.54, 1.807) is 13.3 Å². The van der Waals surface area contributed by atoms with Gasteiger partial charge in [-0.25, -0.2) is 4.98 Å². The Labute approximate surface area is 148 Å². The minimum atomic E-state index is 0.592. The highest BCUT2D eigenvalue weighted by Gasteiger charge is 2.14. The molecule has 0 aromatic carbocycles. The maximum Gasteiger partial charge on any atom is 0.216 e. The normalized spacial score (nSPS) is 15.6. The summed E-state index contributed by atoms with van der Waals surface area (Å²) >= 11 is 0. The fraction of sp³-hybridized carbons (Fsp3) is 0.611. The van der Waals surface area contributed by atoms with Gasteiger partial charge in [0.2, 0.25) is 5.82 Å². The maximum absolute atomic E-state index is 5.29. The van der Waals surface area contributed by atoms with Gasteiger partial charge in [0.1, 0.15) is 5.82 Å². The van der Waals surface area contributed by atoms with Crippen molar-refractivity contribution in [3.05, 3.63) is 24.2 Å². The number of hydrogen-bond donors (Lipinski definition) is 3. The first-order chi connectivity index (χ1) is 12.3. The zero-order valence-corrected chi connectivity index (χ0v) is 14.9. The molecule has 0 amide bonds. The van der Waals surface area contributed by atoms with Crippen molar-refractivity contribution in [2.24, 2.45) is 10.9 Å². The number of guanidine groups is 1. The van der Waals surface area contributed by atoms with Crippen LogP contribution in [0.2, 0.25) is 0 Å². The van der Waals surface area contributed by atoms with E-state index < -0.39 is 0 Å². The first-order valence-electron chi connectivity index (χ1n) is 9.25. The average molecular weight is 344 g/mol. The van der Waals surface area contributed by atoms with Crippen LogP contribution in [0.15, 0.2) is 27.8 Å². The Morgan fingerprint density at radius 1 is 1.32 bits per heavy atom. The molecular formula is C18H28N6O. The van der Waals surface area contributed by atoms with Gasteiger partial charge in [-0.3, -0.25) is 10.1 Å². The van der Waals surface area contributed by atoms with E-state index >= 15 is 0 Å². The summed E-state index contributed by atoms with van der Waals surface area (Å²) in [6.45, 7) is 1.72. The molecule has 2 aromatic rings. The quantitative estimate of drug-likeness (QED) is 0.389. The summed E-state index contributed by atoms with van der Waals surface area (Å²) in [5.74, 6) is 3.89. The molecule has 1 fully saturated rings. The van der Waals surface area contributed by atoms with E-state index in [1.807, 2.05) is 12.1 Å². The Kier molecular flexibility index (Phi) is 6.48. The van der Waals surface area contributed by atoms with Gasteiger partial charge in [-0.1, -0.05) is 25.7 Å². The molecule has 1 aliphatic rings. The molecule has 2 aromatic heterocycles. The van der Waals surface area contributed by atoms with Crippen LogP contribution in [0.4, 0.5) is 0 Å². The summed E-state index contributed by atoms with van der Waals surface area (Å²) in [6, 6.07) is 3.68. The third-order valence-electron chi connectivity index (χ3n) is 4.71. The van der Waals surface area contributed by atoms with Crippen LogP contribution in [-0.4, -0.2) is 41.3 Å². The molecule has 0 atom stereocenters. The highest BCUT2D eigenvalue weighted by atomic mass is 16.3. The third-order valence-corrected chi connectivity index (χ3v) is 4.71. The lowest BCUT2D eigenvalue weighted by Gasteiger charge is -2.12. The SMILES string of the molecule is CN=C(NCCCC1CCCC1)NCCc1nc(-c2ccco2)n[nH]1. The summed E-state index contributed by atoms with van der Waals surface area (Å²) in [7, 11) is 1.80. The van der Waals surface area contributed by atoms with Gasteiger partial charge < -0.3 is 15.1 Å². The van der Waals surface area contributed by atoms with Crippen LogP contribution in [0, 0.1) is 5.92 Å². The molecule has 7 nitrogen and oxygen atoms in total. The molecule has 0 saturated heterocycles. The largest absolute Gasteiger partial charge is 0.461 e. The first-order valence-corrected chi connectivity index (χ1v) is 9.25. The topological polar surface area (TPSA) is 91.1 Å². The summed E-state index contributed by atoms with van der Waals surface area (Å²) in [6.07, 6.45) is 10.6. The Morgan fingerprint density at radius 2 is 2.16 bits per heavy atom. The van der Waals surface area contributed by atoms with Gasteiger partial charge in [0.25, 0.3) is 0 Å². The Bertz CT molecular complexity index is 642. The van der Waals surface area contributed by atoms with E-state index in [0.717, 1.165) is 37.2 Å². The minimum absolute atomic E-state index is 0.592. The molecular weight excluding hydrogens is 316 g/mol. The van der Waals surface area contributed by atoms with Crippen LogP contribution in [0.25, 0.3) is 11.6 Å². The van der Waals surface area contributed by atoms with Crippen LogP contribution >= 0.6 is 0 Å². The second kappa shape index (κ2) is 9.25. The molecule has 0 radical (unpaired) electrons. The van der Waals surface area contributed by atoms with Crippen molar-refractivity contribution >= 4 is 5.96 Å². The fourth-order valence-electron chi connectivity index (χ4n) is 3.34. The standard InChI is InChI=1S/C18H28N6O/c1-19-18(20-11-4-8-14-6-2-3-7-14)21-12-10-16-22-17(24-23-16)15-9-5-13-25-15/h5,9,13-14H,2-4,6-8,10-12H2,1H3,(H2,19,20,21)(H,22,23,24). The van der Waals surface area contributed by atoms with E-state index in [-0.39, 0.29) is 0 Å². The van der Waals surface area contributed by atoms with Crippen molar-refractivity contribution in [3.63, 3.8) is 0 Å². The van der Waals surface area contributed by atoms with Crippen LogP contribution in [0.3, 0.4) is 0 Å². The molecule has 1 saturated carbocycles. The van der Waals surface area contributed by atoms with Crippen LogP contribution in [0.5, 0.6) is 0 Å². The van der Waals surface area contributed by atoms with Crippen molar-refractivity contribution in [1.82, 2.24) is 25.8 Å². The number of aliphatic imine (C=N–C) groups is 1. The molecule has 0 bridgehead atoms. The molecule has 3 N–H and O–H groups in total. The fourth-order valence-corrected chi connectivity index (χ4v) is 3.34. The summed E-state index contributed by atoms with van der Waals surface area (Å²) in [4.78, 5) is 8.70. The van der Waals surface area contributed by atoms with E-state index in [1.165, 1.54) is 38.5 Å². The predicted molar refractivity (Wildman–Crippen MR) is 98.3 cm³/mol. The number of aromatic nitrogens is 3. The number of hydrogen-bond acceptors (Lipinski definition) is 4. The molecule has 3 rings (SSSR count). The first kappa shape index (κ1) is 17.5. The molecule has 1 aliphatic carbocycles. The zero-order valence-electron chi connectivity index (χ0n) is 14.9. The summed E-state index contributed by atoms with van der Waals surface area (Å²) < 4.78 is 5.29. The van der Waals surface area contributed by atoms with E-state index in [9.17, 15) is 0 Å². The molecule has 0 spiro atoms. The molecule has 2 heterocycles. The van der Waals surface area contributed by atoms with Gasteiger partial charge in [-0.2, -0.15) is 5.10 Å².